The summed E-state index contributed by atoms with van der Waals surface area (Å²) in [5, 5.41) is 12.9. The van der Waals surface area contributed by atoms with Crippen LogP contribution in [0.3, 0.4) is 0 Å². The Kier molecular flexibility index (Phi) is 6.22. The van der Waals surface area contributed by atoms with Crippen LogP contribution >= 0.6 is 0 Å². The van der Waals surface area contributed by atoms with Crippen molar-refractivity contribution >= 4 is 70.9 Å². The van der Waals surface area contributed by atoms with Crippen LogP contribution in [-0.2, 0) is 0 Å². The van der Waals surface area contributed by atoms with Crippen molar-refractivity contribution in [2.45, 2.75) is 0 Å². The van der Waals surface area contributed by atoms with Crippen molar-refractivity contribution in [1.29, 1.82) is 0 Å². The molecule has 0 aliphatic carbocycles. The fourth-order valence-corrected chi connectivity index (χ4v) is 7.94. The quantitative estimate of drug-likeness (QED) is 0.140. The molecule has 10 aromatic rings. The molecule has 0 atom stereocenters. The minimum Gasteiger partial charge on any atom is -0.309 e. The molecule has 0 saturated heterocycles. The second kappa shape index (κ2) is 11.0. The third-order valence-corrected chi connectivity index (χ3v) is 10.0. The van der Waals surface area contributed by atoms with Crippen LogP contribution < -0.4 is 4.90 Å². The van der Waals surface area contributed by atoms with Gasteiger partial charge in [0.05, 0.1) is 11.9 Å². The van der Waals surface area contributed by atoms with Gasteiger partial charge in [-0.15, -0.1) is 0 Å². The largest absolute Gasteiger partial charge is 0.309 e. The number of hydrogen-bond donors (Lipinski definition) is 0. The number of benzene rings is 9. The van der Waals surface area contributed by atoms with Crippen molar-refractivity contribution < 1.29 is 0 Å². The molecular formula is C47H30N2. The maximum absolute atomic E-state index is 4.42. The second-order valence-electron chi connectivity index (χ2n) is 12.8. The Bertz CT molecular complexity index is 2640. The van der Waals surface area contributed by atoms with Gasteiger partial charge in [0.25, 0.3) is 0 Å². The maximum atomic E-state index is 4.42. The monoisotopic (exact) mass is 622 g/mol. The molecular weight excluding hydrogens is 593 g/mol. The first kappa shape index (κ1) is 27.6. The van der Waals surface area contributed by atoms with Gasteiger partial charge in [-0.2, -0.15) is 0 Å². The van der Waals surface area contributed by atoms with E-state index in [2.05, 4.69) is 174 Å². The van der Waals surface area contributed by atoms with E-state index < -0.39 is 0 Å². The predicted molar refractivity (Wildman–Crippen MR) is 209 cm³/mol. The van der Waals surface area contributed by atoms with E-state index in [0.29, 0.717) is 0 Å². The second-order valence-corrected chi connectivity index (χ2v) is 12.8. The summed E-state index contributed by atoms with van der Waals surface area (Å²) in [5.74, 6) is 0. The molecule has 0 amide bonds. The molecule has 0 unspecified atom stereocenters. The molecule has 0 N–H and O–H groups in total. The highest BCUT2D eigenvalue weighted by Crippen LogP contribution is 2.46. The van der Waals surface area contributed by atoms with Gasteiger partial charge in [0.2, 0.25) is 0 Å². The summed E-state index contributed by atoms with van der Waals surface area (Å²) in [5.41, 5.74) is 8.18. The number of hydrogen-bond acceptors (Lipinski definition) is 2. The molecule has 2 nitrogen and oxygen atoms in total. The Morgan fingerprint density at radius 1 is 0.347 bits per heavy atom. The van der Waals surface area contributed by atoms with Crippen molar-refractivity contribution in [1.82, 2.24) is 4.98 Å². The average molecular weight is 623 g/mol. The molecule has 1 heterocycles. The van der Waals surface area contributed by atoms with Crippen LogP contribution in [-0.4, -0.2) is 4.98 Å². The fraction of sp³-hybridized carbons (Fsp3) is 0. The van der Waals surface area contributed by atoms with E-state index in [4.69, 9.17) is 0 Å². The third-order valence-electron chi connectivity index (χ3n) is 10.0. The van der Waals surface area contributed by atoms with Gasteiger partial charge in [-0.05, 0) is 125 Å². The van der Waals surface area contributed by atoms with Gasteiger partial charge in [0.1, 0.15) is 0 Å². The molecule has 1 aromatic heterocycles. The maximum Gasteiger partial charge on any atom is 0.0644 e. The molecule has 0 saturated carbocycles. The van der Waals surface area contributed by atoms with Crippen molar-refractivity contribution in [3.8, 4) is 22.3 Å². The molecule has 0 aliphatic heterocycles. The van der Waals surface area contributed by atoms with Crippen molar-refractivity contribution in [2.75, 3.05) is 4.90 Å². The van der Waals surface area contributed by atoms with Crippen molar-refractivity contribution in [2.24, 2.45) is 0 Å². The molecule has 2 heteroatoms. The van der Waals surface area contributed by atoms with Gasteiger partial charge < -0.3 is 4.90 Å². The summed E-state index contributed by atoms with van der Waals surface area (Å²) < 4.78 is 0. The fourth-order valence-electron chi connectivity index (χ4n) is 7.94. The summed E-state index contributed by atoms with van der Waals surface area (Å²) in [7, 11) is 0. The topological polar surface area (TPSA) is 16.1 Å². The minimum atomic E-state index is 1.02. The van der Waals surface area contributed by atoms with E-state index in [9.17, 15) is 0 Å². The van der Waals surface area contributed by atoms with E-state index in [-0.39, 0.29) is 0 Å². The highest BCUT2D eigenvalue weighted by molar-refractivity contribution is 6.26. The Hall–Kier alpha value is -6.51. The van der Waals surface area contributed by atoms with E-state index in [0.717, 1.165) is 17.1 Å². The molecule has 228 valence electrons. The standard InChI is InChI=1S/C47H30N2/c1-2-12-37(13-3-1)49(39-14-9-27-48-30-39)38-25-23-33(24-26-38)46-40-15-4-6-17-42(40)47(43-18-7-5-16-41(43)46)36-28-34-21-19-31-10-8-11-32-20-22-35(29-36)45(34)44(31)32/h1-30H. The van der Waals surface area contributed by atoms with Gasteiger partial charge in [0, 0.05) is 17.6 Å². The number of para-hydroxylation sites is 1. The Balaban J connectivity index is 1.18. The Morgan fingerprint density at radius 2 is 0.837 bits per heavy atom. The Morgan fingerprint density at radius 3 is 1.41 bits per heavy atom. The van der Waals surface area contributed by atoms with E-state index in [1.54, 1.807) is 0 Å². The van der Waals surface area contributed by atoms with Gasteiger partial charge in [-0.1, -0.05) is 121 Å². The summed E-state index contributed by atoms with van der Waals surface area (Å²) in [4.78, 5) is 6.67. The molecule has 0 aliphatic rings. The smallest absolute Gasteiger partial charge is 0.0644 e. The first-order valence-electron chi connectivity index (χ1n) is 16.8. The third kappa shape index (κ3) is 4.38. The number of rotatable bonds is 5. The number of pyridine rings is 1. The lowest BCUT2D eigenvalue weighted by molar-refractivity contribution is 1.23. The highest BCUT2D eigenvalue weighted by Gasteiger charge is 2.19. The number of anilines is 3. The van der Waals surface area contributed by atoms with Gasteiger partial charge in [0.15, 0.2) is 0 Å². The van der Waals surface area contributed by atoms with Crippen LogP contribution in [0.4, 0.5) is 17.1 Å². The van der Waals surface area contributed by atoms with Crippen LogP contribution in [0, 0.1) is 0 Å². The first-order chi connectivity index (χ1) is 24.3. The SMILES string of the molecule is c1ccc(N(c2ccc(-c3c4ccccc4c(-c4cc5ccc6cccc7ccc(c4)c5c67)c4ccccc34)cc2)c2cccnc2)cc1. The number of nitrogens with zero attached hydrogens (tertiary/aromatic N) is 2. The van der Waals surface area contributed by atoms with Crippen LogP contribution in [0.2, 0.25) is 0 Å². The lowest BCUT2D eigenvalue weighted by Gasteiger charge is -2.25. The van der Waals surface area contributed by atoms with Crippen LogP contribution in [0.1, 0.15) is 0 Å². The summed E-state index contributed by atoms with van der Waals surface area (Å²) in [6.45, 7) is 0. The zero-order chi connectivity index (χ0) is 32.3. The van der Waals surface area contributed by atoms with Gasteiger partial charge >= 0.3 is 0 Å². The first-order valence-corrected chi connectivity index (χ1v) is 16.8. The predicted octanol–water partition coefficient (Wildman–Crippen LogP) is 13.1. The van der Waals surface area contributed by atoms with E-state index in [1.165, 1.54) is 76.1 Å². The molecule has 0 fully saturated rings. The number of aromatic nitrogens is 1. The van der Waals surface area contributed by atoms with Crippen LogP contribution in [0.15, 0.2) is 182 Å². The zero-order valence-corrected chi connectivity index (χ0v) is 26.7. The molecule has 0 radical (unpaired) electrons. The normalized spacial score (nSPS) is 11.7. The van der Waals surface area contributed by atoms with E-state index in [1.807, 2.05) is 18.5 Å². The molecule has 10 rings (SSSR count). The van der Waals surface area contributed by atoms with Crippen LogP contribution in [0.25, 0.3) is 76.1 Å². The van der Waals surface area contributed by atoms with Crippen LogP contribution in [0.5, 0.6) is 0 Å². The molecule has 9 aromatic carbocycles. The zero-order valence-electron chi connectivity index (χ0n) is 26.7. The Labute approximate surface area is 284 Å². The molecule has 49 heavy (non-hydrogen) atoms. The average Bonchev–Trinajstić information content (AvgIpc) is 3.17. The lowest BCUT2D eigenvalue weighted by Crippen LogP contribution is -2.09. The summed E-state index contributed by atoms with van der Waals surface area (Å²) in [6.07, 6.45) is 3.73. The van der Waals surface area contributed by atoms with Crippen molar-refractivity contribution in [3.63, 3.8) is 0 Å². The lowest BCUT2D eigenvalue weighted by atomic mass is 9.84. The summed E-state index contributed by atoms with van der Waals surface area (Å²) >= 11 is 0. The van der Waals surface area contributed by atoms with Crippen molar-refractivity contribution in [3.05, 3.63) is 182 Å². The van der Waals surface area contributed by atoms with Gasteiger partial charge in [-0.3, -0.25) is 4.98 Å². The number of fused-ring (bicyclic) bond motifs is 2. The van der Waals surface area contributed by atoms with E-state index >= 15 is 0 Å². The molecule has 0 bridgehead atoms. The molecule has 0 spiro atoms. The highest BCUT2D eigenvalue weighted by atomic mass is 15.1. The summed E-state index contributed by atoms with van der Waals surface area (Å²) in [6, 6.07) is 61.9. The van der Waals surface area contributed by atoms with Gasteiger partial charge in [-0.25, -0.2) is 0 Å². The minimum absolute atomic E-state index is 1.02.